The molecular formula is C18H20N4O3S. The van der Waals surface area contributed by atoms with Gasteiger partial charge in [-0.05, 0) is 44.2 Å². The molecular weight excluding hydrogens is 352 g/mol. The van der Waals surface area contributed by atoms with Crippen LogP contribution in [0.4, 0.5) is 10.6 Å². The summed E-state index contributed by atoms with van der Waals surface area (Å²) in [6.07, 6.45) is 2.87. The minimum atomic E-state index is -0.463. The van der Waals surface area contributed by atoms with Crippen LogP contribution in [0.3, 0.4) is 0 Å². The van der Waals surface area contributed by atoms with Crippen molar-refractivity contribution in [2.75, 3.05) is 17.7 Å². The van der Waals surface area contributed by atoms with Crippen LogP contribution in [0.25, 0.3) is 11.6 Å². The van der Waals surface area contributed by atoms with Crippen molar-refractivity contribution in [1.29, 1.82) is 0 Å². The lowest BCUT2D eigenvalue weighted by Crippen LogP contribution is -2.16. The fourth-order valence-electron chi connectivity index (χ4n) is 2.86. The molecule has 0 atom stereocenters. The summed E-state index contributed by atoms with van der Waals surface area (Å²) in [7, 11) is 0. The molecule has 1 amide bonds. The number of thioether (sulfide) groups is 1. The zero-order valence-corrected chi connectivity index (χ0v) is 15.9. The fraction of sp³-hybridized carbons (Fsp3) is 0.333. The van der Waals surface area contributed by atoms with Crippen molar-refractivity contribution < 1.29 is 14.3 Å². The molecule has 0 aliphatic carbocycles. The number of carbonyl (C=O) groups is 2. The van der Waals surface area contributed by atoms with Crippen molar-refractivity contribution in [3.05, 3.63) is 34.8 Å². The van der Waals surface area contributed by atoms with Gasteiger partial charge in [-0.15, -0.1) is 0 Å². The van der Waals surface area contributed by atoms with E-state index in [1.54, 1.807) is 19.2 Å². The van der Waals surface area contributed by atoms with Crippen molar-refractivity contribution in [2.24, 2.45) is 0 Å². The summed E-state index contributed by atoms with van der Waals surface area (Å²) in [5, 5.41) is 3.39. The van der Waals surface area contributed by atoms with Gasteiger partial charge >= 0.3 is 6.09 Å². The minimum absolute atomic E-state index is 0.262. The number of rotatable bonds is 4. The van der Waals surface area contributed by atoms with E-state index < -0.39 is 6.09 Å². The average Bonchev–Trinajstić information content (AvgIpc) is 3.04. The summed E-state index contributed by atoms with van der Waals surface area (Å²) in [4.78, 5) is 33.4. The second-order valence-electron chi connectivity index (χ2n) is 5.75. The van der Waals surface area contributed by atoms with Crippen molar-refractivity contribution in [2.45, 2.75) is 32.9 Å². The Labute approximate surface area is 155 Å². The molecule has 0 unspecified atom stereocenters. The summed E-state index contributed by atoms with van der Waals surface area (Å²) >= 11 is 1.51. The van der Waals surface area contributed by atoms with Gasteiger partial charge in [0.25, 0.3) is 5.91 Å². The summed E-state index contributed by atoms with van der Waals surface area (Å²) < 4.78 is 6.60. The van der Waals surface area contributed by atoms with E-state index in [0.717, 1.165) is 17.0 Å². The van der Waals surface area contributed by atoms with Crippen molar-refractivity contribution in [3.63, 3.8) is 0 Å². The Hall–Kier alpha value is -2.61. The molecule has 0 radical (unpaired) electrons. The van der Waals surface area contributed by atoms with Gasteiger partial charge in [0.1, 0.15) is 5.82 Å². The zero-order valence-electron chi connectivity index (χ0n) is 15.1. The molecule has 0 aromatic carbocycles. The maximum absolute atomic E-state index is 12.5. The molecule has 0 bridgehead atoms. The third-order valence-corrected chi connectivity index (χ3v) is 4.70. The van der Waals surface area contributed by atoms with E-state index in [1.807, 2.05) is 26.8 Å². The molecule has 0 saturated carbocycles. The highest BCUT2D eigenvalue weighted by molar-refractivity contribution is 7.99. The van der Waals surface area contributed by atoms with Gasteiger partial charge in [0.05, 0.1) is 17.9 Å². The maximum atomic E-state index is 12.5. The van der Waals surface area contributed by atoms with Crippen molar-refractivity contribution in [1.82, 2.24) is 14.5 Å². The Balaban J connectivity index is 2.07. The number of hydrogen-bond donors (Lipinski definition) is 1. The maximum Gasteiger partial charge on any atom is 0.418 e. The lowest BCUT2D eigenvalue weighted by Gasteiger charge is -2.09. The van der Waals surface area contributed by atoms with E-state index >= 15 is 0 Å². The second kappa shape index (κ2) is 7.33. The molecule has 1 N–H and O–H groups in total. The van der Waals surface area contributed by atoms with Crippen LogP contribution in [0.15, 0.2) is 17.4 Å². The number of aryl methyl sites for hydroxylation is 2. The highest BCUT2D eigenvalue weighted by atomic mass is 32.2. The van der Waals surface area contributed by atoms with Gasteiger partial charge in [-0.25, -0.2) is 14.8 Å². The van der Waals surface area contributed by atoms with Gasteiger partial charge in [-0.3, -0.25) is 9.36 Å². The quantitative estimate of drug-likeness (QED) is 0.502. The third kappa shape index (κ3) is 3.24. The third-order valence-electron chi connectivity index (χ3n) is 3.96. The van der Waals surface area contributed by atoms with E-state index in [2.05, 4.69) is 15.3 Å². The number of anilines is 1. The number of ether oxygens (including phenoxy) is 1. The number of aromatic nitrogens is 3. The molecule has 136 valence electrons. The van der Waals surface area contributed by atoms with Crippen LogP contribution in [0.5, 0.6) is 0 Å². The van der Waals surface area contributed by atoms with E-state index in [9.17, 15) is 9.59 Å². The SMILES string of the molecule is CCOC(=O)n1c(C)cc(C)c1C=C1C(=O)Nc2nc(SCC)ncc21. The summed E-state index contributed by atoms with van der Waals surface area (Å²) in [5.41, 5.74) is 3.30. The van der Waals surface area contributed by atoms with Crippen molar-refractivity contribution in [3.8, 4) is 0 Å². The first-order chi connectivity index (χ1) is 12.5. The first-order valence-electron chi connectivity index (χ1n) is 8.35. The van der Waals surface area contributed by atoms with Gasteiger partial charge in [-0.2, -0.15) is 0 Å². The number of nitrogens with zero attached hydrogens (tertiary/aromatic N) is 3. The molecule has 7 nitrogen and oxygen atoms in total. The molecule has 0 fully saturated rings. The molecule has 1 aliphatic heterocycles. The summed E-state index contributed by atoms with van der Waals surface area (Å²) in [5.74, 6) is 1.08. The normalized spacial score (nSPS) is 14.5. The Bertz CT molecular complexity index is 917. The molecule has 8 heteroatoms. The lowest BCUT2D eigenvalue weighted by atomic mass is 10.1. The number of fused-ring (bicyclic) bond motifs is 1. The second-order valence-corrected chi connectivity index (χ2v) is 6.98. The topological polar surface area (TPSA) is 86.1 Å². The smallest absolute Gasteiger partial charge is 0.418 e. The molecule has 1 aliphatic rings. The minimum Gasteiger partial charge on any atom is -0.449 e. The number of nitrogens with one attached hydrogen (secondary N) is 1. The van der Waals surface area contributed by atoms with E-state index in [-0.39, 0.29) is 12.5 Å². The van der Waals surface area contributed by atoms with Crippen LogP contribution in [-0.4, -0.2) is 38.9 Å². The lowest BCUT2D eigenvalue weighted by molar-refractivity contribution is -0.110. The zero-order chi connectivity index (χ0) is 18.8. The Morgan fingerprint density at radius 2 is 2.15 bits per heavy atom. The monoisotopic (exact) mass is 372 g/mol. The standard InChI is InChI=1S/C18H20N4O3S/c1-5-25-18(24)22-11(4)7-10(3)14(22)8-12-13-9-19-17(26-6-2)21-15(13)20-16(12)23/h7-9H,5-6H2,1-4H3,(H,19,20,21,23). The van der Waals surface area contributed by atoms with E-state index in [0.29, 0.717) is 27.8 Å². The highest BCUT2D eigenvalue weighted by Gasteiger charge is 2.28. The van der Waals surface area contributed by atoms with Crippen LogP contribution in [0.2, 0.25) is 0 Å². The molecule has 26 heavy (non-hydrogen) atoms. The number of hydrogen-bond acceptors (Lipinski definition) is 6. The van der Waals surface area contributed by atoms with E-state index in [1.165, 1.54) is 16.3 Å². The van der Waals surface area contributed by atoms with Crippen LogP contribution in [0.1, 0.15) is 36.4 Å². The average molecular weight is 372 g/mol. The number of carbonyl (C=O) groups excluding carboxylic acids is 2. The van der Waals surface area contributed by atoms with Gasteiger partial charge in [0, 0.05) is 17.5 Å². The first-order valence-corrected chi connectivity index (χ1v) is 9.34. The summed E-state index contributed by atoms with van der Waals surface area (Å²) in [6.45, 7) is 7.76. The van der Waals surface area contributed by atoms with Gasteiger partial charge < -0.3 is 10.1 Å². The first kappa shape index (κ1) is 18.2. The predicted molar refractivity (Wildman–Crippen MR) is 101 cm³/mol. The molecule has 0 saturated heterocycles. The molecule has 0 spiro atoms. The number of amides is 1. The Morgan fingerprint density at radius 3 is 2.85 bits per heavy atom. The van der Waals surface area contributed by atoms with Gasteiger partial charge in [0.15, 0.2) is 5.16 Å². The Morgan fingerprint density at radius 1 is 1.38 bits per heavy atom. The van der Waals surface area contributed by atoms with Crippen molar-refractivity contribution >= 4 is 41.2 Å². The van der Waals surface area contributed by atoms with Gasteiger partial charge in [0.2, 0.25) is 0 Å². The predicted octanol–water partition coefficient (Wildman–Crippen LogP) is 3.50. The summed E-state index contributed by atoms with van der Waals surface area (Å²) in [6, 6.07) is 1.88. The molecule has 3 heterocycles. The molecule has 2 aromatic rings. The highest BCUT2D eigenvalue weighted by Crippen LogP contribution is 2.33. The molecule has 2 aromatic heterocycles. The van der Waals surface area contributed by atoms with E-state index in [4.69, 9.17) is 4.74 Å². The van der Waals surface area contributed by atoms with Crippen LogP contribution in [0, 0.1) is 13.8 Å². The van der Waals surface area contributed by atoms with Gasteiger partial charge in [-0.1, -0.05) is 18.7 Å². The largest absolute Gasteiger partial charge is 0.449 e. The van der Waals surface area contributed by atoms with Crippen LogP contribution < -0.4 is 5.32 Å². The fourth-order valence-corrected chi connectivity index (χ4v) is 3.40. The molecule has 3 rings (SSSR count). The van der Waals surface area contributed by atoms with Crippen LogP contribution in [-0.2, 0) is 9.53 Å². The Kier molecular flexibility index (Phi) is 5.13. The van der Waals surface area contributed by atoms with Crippen LogP contribution >= 0.6 is 11.8 Å².